The Kier molecular flexibility index (Phi) is 4.54. The first kappa shape index (κ1) is 13.3. The summed E-state index contributed by atoms with van der Waals surface area (Å²) in [6, 6.07) is 0.265. The number of carbonyl (C=O) groups is 1. The molecule has 18 heavy (non-hydrogen) atoms. The van der Waals surface area contributed by atoms with E-state index in [1.807, 2.05) is 0 Å². The van der Waals surface area contributed by atoms with Crippen LogP contribution in [0.25, 0.3) is 0 Å². The van der Waals surface area contributed by atoms with E-state index in [0.717, 1.165) is 24.6 Å². The van der Waals surface area contributed by atoms with Crippen LogP contribution in [0, 0.1) is 5.92 Å². The van der Waals surface area contributed by atoms with E-state index < -0.39 is 0 Å². The summed E-state index contributed by atoms with van der Waals surface area (Å²) < 4.78 is 10.3. The molecule has 0 aliphatic carbocycles. The molecule has 0 amide bonds. The van der Waals surface area contributed by atoms with Gasteiger partial charge in [0.15, 0.2) is 5.69 Å². The van der Waals surface area contributed by atoms with Crippen LogP contribution in [0.15, 0.2) is 5.51 Å². The molecule has 0 saturated carbocycles. The first-order valence-electron chi connectivity index (χ1n) is 6.17. The smallest absolute Gasteiger partial charge is 0.360 e. The van der Waals surface area contributed by atoms with Crippen LogP contribution in [-0.2, 0) is 9.47 Å². The largest absolute Gasteiger partial charge is 0.461 e. The van der Waals surface area contributed by atoms with Crippen molar-refractivity contribution < 1.29 is 14.3 Å². The first-order chi connectivity index (χ1) is 8.72. The highest BCUT2D eigenvalue weighted by molar-refractivity contribution is 7.14. The lowest BCUT2D eigenvalue weighted by Gasteiger charge is -2.19. The molecule has 2 rings (SSSR count). The molecule has 6 heteroatoms. The van der Waals surface area contributed by atoms with E-state index >= 15 is 0 Å². The van der Waals surface area contributed by atoms with E-state index in [9.17, 15) is 4.79 Å². The fourth-order valence-electron chi connectivity index (χ4n) is 1.97. The summed E-state index contributed by atoms with van der Waals surface area (Å²) in [7, 11) is 0. The third-order valence-corrected chi connectivity index (χ3v) is 3.82. The van der Waals surface area contributed by atoms with Gasteiger partial charge in [0, 0.05) is 18.6 Å². The second-order valence-electron chi connectivity index (χ2n) is 4.31. The van der Waals surface area contributed by atoms with Crippen LogP contribution in [0.3, 0.4) is 0 Å². The average Bonchev–Trinajstić information content (AvgIpc) is 2.99. The second kappa shape index (κ2) is 6.15. The van der Waals surface area contributed by atoms with Gasteiger partial charge in [0.05, 0.1) is 18.7 Å². The molecule has 1 aromatic rings. The molecule has 5 nitrogen and oxygen atoms in total. The van der Waals surface area contributed by atoms with E-state index in [0.29, 0.717) is 18.2 Å². The lowest BCUT2D eigenvalue weighted by atomic mass is 10.0. The minimum Gasteiger partial charge on any atom is -0.461 e. The maximum atomic E-state index is 11.7. The molecule has 1 aromatic heterocycles. The predicted molar refractivity (Wildman–Crippen MR) is 70.1 cm³/mol. The summed E-state index contributed by atoms with van der Waals surface area (Å²) in [5.41, 5.74) is 2.04. The molecule has 1 aliphatic heterocycles. The average molecular weight is 270 g/mol. The molecule has 0 aromatic carbocycles. The van der Waals surface area contributed by atoms with Crippen molar-refractivity contribution in [1.29, 1.82) is 0 Å². The van der Waals surface area contributed by atoms with Gasteiger partial charge >= 0.3 is 5.97 Å². The summed E-state index contributed by atoms with van der Waals surface area (Å²) in [5.74, 6) is 0.123. The highest BCUT2D eigenvalue weighted by Gasteiger charge is 2.24. The number of rotatable bonds is 5. The minimum atomic E-state index is -0.365. The van der Waals surface area contributed by atoms with Crippen molar-refractivity contribution in [2.24, 2.45) is 5.92 Å². The van der Waals surface area contributed by atoms with Gasteiger partial charge in [0.2, 0.25) is 0 Å². The van der Waals surface area contributed by atoms with Crippen LogP contribution in [0.5, 0.6) is 0 Å². The van der Waals surface area contributed by atoms with Crippen LogP contribution >= 0.6 is 11.3 Å². The van der Waals surface area contributed by atoms with Crippen molar-refractivity contribution in [2.45, 2.75) is 26.3 Å². The van der Waals surface area contributed by atoms with Crippen molar-refractivity contribution in [3.63, 3.8) is 0 Å². The summed E-state index contributed by atoms with van der Waals surface area (Å²) in [5, 5.41) is 4.13. The van der Waals surface area contributed by atoms with E-state index in [1.165, 1.54) is 11.3 Å². The van der Waals surface area contributed by atoms with Crippen LogP contribution in [-0.4, -0.2) is 36.8 Å². The molecular formula is C12H18N2O3S. The van der Waals surface area contributed by atoms with Gasteiger partial charge in [0.25, 0.3) is 0 Å². The van der Waals surface area contributed by atoms with Gasteiger partial charge in [-0.15, -0.1) is 11.3 Å². The number of aromatic nitrogens is 1. The first-order valence-corrected chi connectivity index (χ1v) is 7.05. The zero-order valence-corrected chi connectivity index (χ0v) is 11.5. The molecule has 1 N–H and O–H groups in total. The Hall–Kier alpha value is -1.14. The number of hydrogen-bond donors (Lipinski definition) is 1. The normalized spacial score (nSPS) is 20.7. The zero-order valence-electron chi connectivity index (χ0n) is 10.6. The Morgan fingerprint density at radius 1 is 1.78 bits per heavy atom. The molecule has 2 atom stereocenters. The summed E-state index contributed by atoms with van der Waals surface area (Å²) in [4.78, 5) is 15.8. The highest BCUT2D eigenvalue weighted by Crippen LogP contribution is 2.25. The van der Waals surface area contributed by atoms with Gasteiger partial charge in [-0.1, -0.05) is 0 Å². The molecule has 0 bridgehead atoms. The van der Waals surface area contributed by atoms with Crippen LogP contribution < -0.4 is 5.32 Å². The van der Waals surface area contributed by atoms with Crippen molar-refractivity contribution in [3.8, 4) is 0 Å². The van der Waals surface area contributed by atoms with Gasteiger partial charge in [-0.25, -0.2) is 9.78 Å². The molecule has 2 heterocycles. The van der Waals surface area contributed by atoms with E-state index in [2.05, 4.69) is 17.2 Å². The summed E-state index contributed by atoms with van der Waals surface area (Å²) >= 11 is 1.43. The number of esters is 1. The molecule has 1 aliphatic rings. The van der Waals surface area contributed by atoms with Crippen molar-refractivity contribution in [1.82, 2.24) is 4.98 Å². The Morgan fingerprint density at radius 3 is 3.28 bits per heavy atom. The van der Waals surface area contributed by atoms with Crippen LogP contribution in [0.2, 0.25) is 0 Å². The number of carbonyl (C=O) groups excluding carboxylic acids is 1. The maximum Gasteiger partial charge on any atom is 0.360 e. The number of nitrogens with zero attached hydrogens (tertiary/aromatic N) is 1. The fourth-order valence-corrected chi connectivity index (χ4v) is 2.73. The summed E-state index contributed by atoms with van der Waals surface area (Å²) in [6.07, 6.45) is 1.06. The van der Waals surface area contributed by atoms with Crippen molar-refractivity contribution >= 4 is 22.3 Å². The number of anilines is 1. The van der Waals surface area contributed by atoms with Crippen LogP contribution in [0.4, 0.5) is 5.00 Å². The number of nitrogens with one attached hydrogen (secondary N) is 1. The van der Waals surface area contributed by atoms with E-state index in [4.69, 9.17) is 9.47 Å². The van der Waals surface area contributed by atoms with E-state index in [1.54, 1.807) is 12.4 Å². The maximum absolute atomic E-state index is 11.7. The standard InChI is InChI=1S/C12H18N2O3S/c1-3-17-12(15)10-11(18-7-13-10)14-8(2)9-4-5-16-6-9/h7-9,14H,3-6H2,1-2H3. The SMILES string of the molecule is CCOC(=O)c1ncsc1NC(C)C1CCOC1. The zero-order chi connectivity index (χ0) is 13.0. The van der Waals surface area contributed by atoms with Gasteiger partial charge in [-0.05, 0) is 20.3 Å². The third-order valence-electron chi connectivity index (χ3n) is 3.07. The Balaban J connectivity index is 2.00. The molecule has 1 saturated heterocycles. The minimum absolute atomic E-state index is 0.265. The van der Waals surface area contributed by atoms with Gasteiger partial charge < -0.3 is 14.8 Å². The highest BCUT2D eigenvalue weighted by atomic mass is 32.1. The molecule has 2 unspecified atom stereocenters. The van der Waals surface area contributed by atoms with Gasteiger partial charge in [-0.2, -0.15) is 0 Å². The second-order valence-corrected chi connectivity index (χ2v) is 5.16. The Labute approximate surface area is 111 Å². The molecule has 0 spiro atoms. The summed E-state index contributed by atoms with van der Waals surface area (Å²) in [6.45, 7) is 5.86. The molecule has 1 fully saturated rings. The lowest BCUT2D eigenvalue weighted by molar-refractivity contribution is 0.0521. The molecule has 0 radical (unpaired) electrons. The quantitative estimate of drug-likeness (QED) is 0.831. The topological polar surface area (TPSA) is 60.5 Å². The number of ether oxygens (including phenoxy) is 2. The monoisotopic (exact) mass is 270 g/mol. The molecular weight excluding hydrogens is 252 g/mol. The molecule has 100 valence electrons. The van der Waals surface area contributed by atoms with Gasteiger partial charge in [0.1, 0.15) is 5.00 Å². The van der Waals surface area contributed by atoms with Crippen LogP contribution in [0.1, 0.15) is 30.8 Å². The van der Waals surface area contributed by atoms with Crippen molar-refractivity contribution in [2.75, 3.05) is 25.1 Å². The predicted octanol–water partition coefficient (Wildman–Crippen LogP) is 2.16. The van der Waals surface area contributed by atoms with Crippen molar-refractivity contribution in [3.05, 3.63) is 11.2 Å². The van der Waals surface area contributed by atoms with E-state index in [-0.39, 0.29) is 12.0 Å². The Morgan fingerprint density at radius 2 is 2.61 bits per heavy atom. The third kappa shape index (κ3) is 3.00. The lowest BCUT2D eigenvalue weighted by Crippen LogP contribution is -2.26. The van der Waals surface area contributed by atoms with Gasteiger partial charge in [-0.3, -0.25) is 0 Å². The Bertz CT molecular complexity index is 402. The fraction of sp³-hybridized carbons (Fsp3) is 0.667. The number of thiazole rings is 1. The number of hydrogen-bond acceptors (Lipinski definition) is 6.